The van der Waals surface area contributed by atoms with Crippen LogP contribution in [0, 0.1) is 0 Å². The van der Waals surface area contributed by atoms with E-state index < -0.39 is 5.97 Å². The normalized spacial score (nSPS) is 9.96. The largest absolute Gasteiger partial charge is 2.00 e. The van der Waals surface area contributed by atoms with Crippen molar-refractivity contribution in [3.05, 3.63) is 132 Å². The van der Waals surface area contributed by atoms with E-state index in [1.54, 1.807) is 18.3 Å². The zero-order valence-corrected chi connectivity index (χ0v) is 29.9. The van der Waals surface area contributed by atoms with E-state index in [4.69, 9.17) is 25.9 Å². The molecule has 8 rings (SSSR count). The zero-order valence-electron chi connectivity index (χ0n) is 26.6. The Morgan fingerprint density at radius 2 is 1.04 bits per heavy atom. The number of nitrogens with zero attached hydrogens (tertiary/aromatic N) is 8. The third-order valence-electron chi connectivity index (χ3n) is 7.80. The van der Waals surface area contributed by atoms with Crippen molar-refractivity contribution in [3.8, 4) is 22.8 Å². The van der Waals surface area contributed by atoms with Gasteiger partial charge in [0.05, 0.1) is 51.8 Å². The molecule has 50 heavy (non-hydrogen) atoms. The summed E-state index contributed by atoms with van der Waals surface area (Å²) in [4.78, 5) is 28.4. The van der Waals surface area contributed by atoms with Crippen LogP contribution in [0.25, 0.3) is 77.2 Å². The molecule has 0 atom stereocenters. The molecule has 0 bridgehead atoms. The van der Waals surface area contributed by atoms with Gasteiger partial charge in [-0.25, -0.2) is 4.79 Å². The van der Waals surface area contributed by atoms with Gasteiger partial charge in [0, 0.05) is 59.1 Å². The average Bonchev–Trinajstić information content (AvgIpc) is 3.59. The number of fused-ring (bicyclic) bond motifs is 6. The Morgan fingerprint density at radius 3 is 1.50 bits per heavy atom. The Balaban J connectivity index is 0.000000216. The molecule has 13 heteroatoms. The van der Waals surface area contributed by atoms with E-state index in [1.807, 2.05) is 18.5 Å². The predicted molar refractivity (Wildman–Crippen MR) is 202 cm³/mol. The molecule has 1 N–H and O–H groups in total. The number of carboxylic acid groups (broad SMARTS) is 1. The van der Waals surface area contributed by atoms with Gasteiger partial charge < -0.3 is 25.1 Å². The van der Waals surface area contributed by atoms with Crippen molar-refractivity contribution < 1.29 is 29.4 Å². The number of aromatic nitrogens is 6. The monoisotopic (exact) mass is 780 g/mol. The molecule has 0 spiro atoms. The van der Waals surface area contributed by atoms with Crippen LogP contribution in [-0.4, -0.2) is 50.5 Å². The molecule has 10 nitrogen and oxygen atoms in total. The van der Waals surface area contributed by atoms with Crippen LogP contribution in [0.3, 0.4) is 0 Å². The summed E-state index contributed by atoms with van der Waals surface area (Å²) in [5.74, 6) is -0.963. The average molecular weight is 780 g/mol. The fraction of sp³-hybridized carbons (Fsp3) is 0.0541. The van der Waals surface area contributed by atoms with Gasteiger partial charge in [-0.05, 0) is 48.5 Å². The molecule has 0 radical (unpaired) electrons. The summed E-state index contributed by atoms with van der Waals surface area (Å²) >= 11 is 7.40. The van der Waals surface area contributed by atoms with E-state index >= 15 is 0 Å². The molecule has 8 aromatic rings. The second-order valence-corrected chi connectivity index (χ2v) is 10.8. The number of thiocarbonyl (C=S) groups is 2. The van der Waals surface area contributed by atoms with Crippen LogP contribution in [0.5, 0.6) is 0 Å². The van der Waals surface area contributed by atoms with E-state index in [9.17, 15) is 4.79 Å². The Kier molecular flexibility index (Phi) is 12.7. The summed E-state index contributed by atoms with van der Waals surface area (Å²) < 4.78 is 4.39. The number of rotatable bonds is 3. The zero-order chi connectivity index (χ0) is 34.9. The maximum atomic E-state index is 10.7. The van der Waals surface area contributed by atoms with E-state index in [0.29, 0.717) is 11.4 Å². The summed E-state index contributed by atoms with van der Waals surface area (Å²) in [7, 11) is 4.18. The number of aromatic carboxylic acids is 1. The first kappa shape index (κ1) is 37.2. The SMILES string of the molecule is Cn1c2ccccc2c2cc(-c3cc4c5ccccc5n(C)c4cn3)ncc21.O=C(O)c1ccnc(-c2ccccn2)c1.[N-]=C=S.[N-]=C=S.[Ru+2]. The van der Waals surface area contributed by atoms with Crippen molar-refractivity contribution >= 4 is 84.3 Å². The molecule has 6 aromatic heterocycles. The summed E-state index contributed by atoms with van der Waals surface area (Å²) in [6, 6.07) is 29.7. The summed E-state index contributed by atoms with van der Waals surface area (Å²) in [5, 5.41) is 30.7. The number of benzene rings is 2. The Hall–Kier alpha value is -5.67. The Labute approximate surface area is 310 Å². The fourth-order valence-electron chi connectivity index (χ4n) is 5.61. The molecule has 0 saturated heterocycles. The molecule has 6 heterocycles. The number of isothiocyanates is 2. The minimum Gasteiger partial charge on any atom is -0.753 e. The Morgan fingerprint density at radius 1 is 0.600 bits per heavy atom. The maximum absolute atomic E-state index is 10.7. The van der Waals surface area contributed by atoms with Gasteiger partial charge in [-0.2, -0.15) is 10.3 Å². The maximum Gasteiger partial charge on any atom is 2.00 e. The van der Waals surface area contributed by atoms with Crippen LogP contribution >= 0.6 is 24.4 Å². The van der Waals surface area contributed by atoms with Crippen molar-refractivity contribution in [1.82, 2.24) is 29.1 Å². The molecule has 0 fully saturated rings. The summed E-state index contributed by atoms with van der Waals surface area (Å²) in [6.07, 6.45) is 7.03. The third-order valence-corrected chi connectivity index (χ3v) is 7.80. The van der Waals surface area contributed by atoms with Gasteiger partial charge in [0.1, 0.15) is 0 Å². The minimum atomic E-state index is -0.963. The van der Waals surface area contributed by atoms with Crippen LogP contribution in [0.15, 0.2) is 116 Å². The van der Waals surface area contributed by atoms with Gasteiger partial charge in [0.15, 0.2) is 0 Å². The third kappa shape index (κ3) is 7.79. The van der Waals surface area contributed by atoms with Crippen LogP contribution in [0.1, 0.15) is 10.4 Å². The van der Waals surface area contributed by atoms with Crippen molar-refractivity contribution in [2.24, 2.45) is 14.1 Å². The first-order valence-electron chi connectivity index (χ1n) is 14.6. The first-order valence-corrected chi connectivity index (χ1v) is 15.4. The second-order valence-electron chi connectivity index (χ2n) is 10.5. The first-order chi connectivity index (χ1) is 23.8. The smallest absolute Gasteiger partial charge is 0.753 e. The van der Waals surface area contributed by atoms with Crippen molar-refractivity contribution in [1.29, 1.82) is 0 Å². The topological polar surface area (TPSA) is 143 Å². The number of hydrogen-bond donors (Lipinski definition) is 1. The number of carbonyl (C=O) groups is 1. The molecule has 0 saturated carbocycles. The molecule has 2 aromatic carbocycles. The van der Waals surface area contributed by atoms with Crippen molar-refractivity contribution in [2.45, 2.75) is 0 Å². The minimum absolute atomic E-state index is 0. The summed E-state index contributed by atoms with van der Waals surface area (Å²) in [5.41, 5.74) is 7.95. The standard InChI is InChI=1S/C24H18N4.C11H8N2O2.2CNS.Ru/c1-27-21-9-5-3-7-15(21)17-11-19(25-13-23(17)27)20-12-18-16-8-4-6-10-22(16)28(2)24(18)14-26-20;14-11(15)8-4-6-13-10(7-8)9-3-1-2-5-12-9;2*2-1-3;/h3-14H,1-2H3;1-7H,(H,14,15);;;/q;;2*-1;+2. The molecule has 246 valence electrons. The van der Waals surface area contributed by atoms with Gasteiger partial charge in [-0.1, -0.05) is 66.9 Å². The van der Waals surface area contributed by atoms with E-state index in [0.717, 1.165) is 22.4 Å². The number of para-hydroxylation sites is 2. The van der Waals surface area contributed by atoms with Crippen LogP contribution < -0.4 is 0 Å². The second kappa shape index (κ2) is 17.1. The number of aryl methyl sites for hydroxylation is 2. The summed E-state index contributed by atoms with van der Waals surface area (Å²) in [6.45, 7) is 0. The fourth-order valence-corrected chi connectivity index (χ4v) is 5.61. The van der Waals surface area contributed by atoms with Gasteiger partial charge in [-0.3, -0.25) is 19.9 Å². The van der Waals surface area contributed by atoms with Gasteiger partial charge in [0.2, 0.25) is 0 Å². The van der Waals surface area contributed by atoms with Crippen molar-refractivity contribution in [2.75, 3.05) is 0 Å². The van der Waals surface area contributed by atoms with Crippen molar-refractivity contribution in [3.63, 3.8) is 0 Å². The van der Waals surface area contributed by atoms with Gasteiger partial charge in [-0.15, -0.1) is 0 Å². The molecule has 0 aliphatic rings. The number of pyridine rings is 4. The van der Waals surface area contributed by atoms with E-state index in [1.165, 1.54) is 61.2 Å². The molecular weight excluding hydrogens is 754 g/mol. The number of hydrogen-bond acceptors (Lipinski definition) is 7. The quantitative estimate of drug-likeness (QED) is 0.107. The van der Waals surface area contributed by atoms with Crippen LogP contribution in [0.4, 0.5) is 0 Å². The molecule has 0 aliphatic carbocycles. The molecule has 0 aliphatic heterocycles. The predicted octanol–water partition coefficient (Wildman–Crippen LogP) is 8.59. The molecular formula is C37H26N8O2RuS2. The van der Waals surface area contributed by atoms with E-state index in [2.05, 4.69) is 118 Å². The van der Waals surface area contributed by atoms with Gasteiger partial charge >= 0.3 is 25.4 Å². The number of carboxylic acids is 1. The van der Waals surface area contributed by atoms with Crippen LogP contribution in [0.2, 0.25) is 0 Å². The Bertz CT molecular complexity index is 2390. The van der Waals surface area contributed by atoms with Crippen LogP contribution in [-0.2, 0) is 33.6 Å². The van der Waals surface area contributed by atoms with E-state index in [-0.39, 0.29) is 25.0 Å². The molecule has 0 unspecified atom stereocenters. The molecule has 0 amide bonds. The van der Waals surface area contributed by atoms with Gasteiger partial charge in [0.25, 0.3) is 0 Å².